The van der Waals surface area contributed by atoms with Gasteiger partial charge in [0.15, 0.2) is 11.5 Å². The normalized spacial score (nSPS) is 15.2. The van der Waals surface area contributed by atoms with Crippen molar-refractivity contribution in [3.8, 4) is 11.5 Å². The Kier molecular flexibility index (Phi) is 7.12. The van der Waals surface area contributed by atoms with Gasteiger partial charge >= 0.3 is 0 Å². The molecule has 0 bridgehead atoms. The predicted octanol–water partition coefficient (Wildman–Crippen LogP) is 2.36. The number of benzene rings is 1. The summed E-state index contributed by atoms with van der Waals surface area (Å²) in [5.74, 6) is 1.73. The highest BCUT2D eigenvalue weighted by Gasteiger charge is 2.19. The second-order valence-electron chi connectivity index (χ2n) is 6.01. The summed E-state index contributed by atoms with van der Waals surface area (Å²) in [7, 11) is 3.27. The summed E-state index contributed by atoms with van der Waals surface area (Å²) < 4.78 is 10.6. The molecule has 5 heteroatoms. The van der Waals surface area contributed by atoms with Crippen LogP contribution in [0.3, 0.4) is 0 Å². The van der Waals surface area contributed by atoms with Crippen molar-refractivity contribution in [3.05, 3.63) is 36.4 Å². The Bertz CT molecular complexity index is 552. The molecular weight excluding hydrogens is 304 g/mol. The van der Waals surface area contributed by atoms with Gasteiger partial charge in [0, 0.05) is 39.1 Å². The summed E-state index contributed by atoms with van der Waals surface area (Å²) in [5.41, 5.74) is 1.16. The van der Waals surface area contributed by atoms with Gasteiger partial charge in [-0.15, -0.1) is 6.58 Å². The van der Waals surface area contributed by atoms with Gasteiger partial charge in [0.2, 0.25) is 5.91 Å². The van der Waals surface area contributed by atoms with Crippen molar-refractivity contribution in [2.75, 3.05) is 46.9 Å². The molecule has 1 saturated heterocycles. The summed E-state index contributed by atoms with van der Waals surface area (Å²) in [6, 6.07) is 5.92. The molecule has 0 N–H and O–H groups in total. The minimum atomic E-state index is 0.258. The maximum atomic E-state index is 12.3. The smallest absolute Gasteiger partial charge is 0.222 e. The second kappa shape index (κ2) is 9.33. The monoisotopic (exact) mass is 332 g/mol. The van der Waals surface area contributed by atoms with Gasteiger partial charge in [-0.25, -0.2) is 0 Å². The molecule has 2 rings (SSSR count). The van der Waals surface area contributed by atoms with E-state index in [1.165, 1.54) is 0 Å². The third kappa shape index (κ3) is 4.99. The van der Waals surface area contributed by atoms with Gasteiger partial charge in [0.1, 0.15) is 0 Å². The van der Waals surface area contributed by atoms with E-state index in [2.05, 4.69) is 11.5 Å². The minimum Gasteiger partial charge on any atom is -0.493 e. The van der Waals surface area contributed by atoms with Crippen LogP contribution in [0.2, 0.25) is 0 Å². The lowest BCUT2D eigenvalue weighted by molar-refractivity contribution is -0.132. The van der Waals surface area contributed by atoms with Crippen molar-refractivity contribution in [1.29, 1.82) is 0 Å². The summed E-state index contributed by atoms with van der Waals surface area (Å²) in [4.78, 5) is 16.6. The highest BCUT2D eigenvalue weighted by atomic mass is 16.5. The number of amides is 1. The lowest BCUT2D eigenvalue weighted by Crippen LogP contribution is -2.48. The lowest BCUT2D eigenvalue weighted by Gasteiger charge is -2.34. The number of hydrogen-bond acceptors (Lipinski definition) is 4. The Morgan fingerprint density at radius 3 is 2.50 bits per heavy atom. The Labute approximate surface area is 144 Å². The number of aryl methyl sites for hydroxylation is 1. The molecule has 1 heterocycles. The van der Waals surface area contributed by atoms with Gasteiger partial charge < -0.3 is 14.4 Å². The molecular formula is C19H28N2O3. The van der Waals surface area contributed by atoms with Crippen molar-refractivity contribution in [2.45, 2.75) is 19.3 Å². The third-order valence-corrected chi connectivity index (χ3v) is 4.42. The van der Waals surface area contributed by atoms with Crippen LogP contribution < -0.4 is 9.47 Å². The Morgan fingerprint density at radius 2 is 1.88 bits per heavy atom. The lowest BCUT2D eigenvalue weighted by atomic mass is 10.1. The molecule has 1 amide bonds. The van der Waals surface area contributed by atoms with Crippen LogP contribution in [0.1, 0.15) is 18.4 Å². The number of hydrogen-bond donors (Lipinski definition) is 0. The Morgan fingerprint density at radius 1 is 1.17 bits per heavy atom. The quantitative estimate of drug-likeness (QED) is 0.686. The van der Waals surface area contributed by atoms with E-state index in [0.29, 0.717) is 6.42 Å². The van der Waals surface area contributed by atoms with Crippen LogP contribution in [-0.2, 0) is 11.2 Å². The highest BCUT2D eigenvalue weighted by molar-refractivity contribution is 5.76. The maximum Gasteiger partial charge on any atom is 0.222 e. The average molecular weight is 332 g/mol. The zero-order chi connectivity index (χ0) is 17.4. The van der Waals surface area contributed by atoms with Crippen molar-refractivity contribution in [3.63, 3.8) is 0 Å². The molecule has 0 unspecified atom stereocenters. The van der Waals surface area contributed by atoms with Crippen molar-refractivity contribution in [2.24, 2.45) is 0 Å². The largest absolute Gasteiger partial charge is 0.493 e. The molecule has 0 spiro atoms. The van der Waals surface area contributed by atoms with Gasteiger partial charge in [-0.1, -0.05) is 12.1 Å². The zero-order valence-corrected chi connectivity index (χ0v) is 14.8. The molecule has 0 saturated carbocycles. The van der Waals surface area contributed by atoms with E-state index < -0.39 is 0 Å². The fourth-order valence-corrected chi connectivity index (χ4v) is 3.00. The summed E-state index contributed by atoms with van der Waals surface area (Å²) >= 11 is 0. The molecule has 0 aromatic heterocycles. The first kappa shape index (κ1) is 18.3. The van der Waals surface area contributed by atoms with Gasteiger partial charge in [-0.2, -0.15) is 0 Å². The molecule has 5 nitrogen and oxygen atoms in total. The zero-order valence-electron chi connectivity index (χ0n) is 14.8. The van der Waals surface area contributed by atoms with Crippen LogP contribution in [0.25, 0.3) is 0 Å². The van der Waals surface area contributed by atoms with Crippen LogP contribution in [0.4, 0.5) is 0 Å². The van der Waals surface area contributed by atoms with Crippen LogP contribution in [0, 0.1) is 0 Å². The molecule has 1 aromatic carbocycles. The third-order valence-electron chi connectivity index (χ3n) is 4.42. The number of nitrogens with zero attached hydrogens (tertiary/aromatic N) is 2. The van der Waals surface area contributed by atoms with Gasteiger partial charge in [0.05, 0.1) is 14.2 Å². The first-order valence-electron chi connectivity index (χ1n) is 8.50. The first-order valence-corrected chi connectivity index (χ1v) is 8.50. The molecule has 24 heavy (non-hydrogen) atoms. The molecule has 1 aromatic rings. The van der Waals surface area contributed by atoms with Gasteiger partial charge in [-0.05, 0) is 30.5 Å². The number of methoxy groups -OCH3 is 2. The molecule has 0 radical (unpaired) electrons. The molecule has 0 aliphatic carbocycles. The highest BCUT2D eigenvalue weighted by Crippen LogP contribution is 2.28. The van der Waals surface area contributed by atoms with E-state index in [0.717, 1.165) is 62.6 Å². The van der Waals surface area contributed by atoms with Crippen molar-refractivity contribution in [1.82, 2.24) is 9.80 Å². The number of piperazine rings is 1. The fraction of sp³-hybridized carbons (Fsp3) is 0.526. The fourth-order valence-electron chi connectivity index (χ4n) is 3.00. The maximum absolute atomic E-state index is 12.3. The number of carbonyl (C=O) groups is 1. The standard InChI is InChI=1S/C19H28N2O3/c1-4-10-20-11-13-21(14-12-20)19(22)7-5-6-16-8-9-17(23-2)18(15-16)24-3/h4,8-9,15H,1,5-7,10-14H2,2-3H3. The van der Waals surface area contributed by atoms with E-state index in [-0.39, 0.29) is 5.91 Å². The van der Waals surface area contributed by atoms with Gasteiger partial charge in [0.25, 0.3) is 0 Å². The number of ether oxygens (including phenoxy) is 2. The Hall–Kier alpha value is -2.01. The molecule has 1 aliphatic heterocycles. The second-order valence-corrected chi connectivity index (χ2v) is 6.01. The summed E-state index contributed by atoms with van der Waals surface area (Å²) in [5, 5.41) is 0. The van der Waals surface area contributed by atoms with E-state index in [1.54, 1.807) is 14.2 Å². The van der Waals surface area contributed by atoms with Gasteiger partial charge in [-0.3, -0.25) is 9.69 Å². The SMILES string of the molecule is C=CCN1CCN(C(=O)CCCc2ccc(OC)c(OC)c2)CC1. The van der Waals surface area contributed by atoms with Crippen molar-refractivity contribution >= 4 is 5.91 Å². The predicted molar refractivity (Wildman–Crippen MR) is 95.7 cm³/mol. The summed E-state index contributed by atoms with van der Waals surface area (Å²) in [6.07, 6.45) is 4.22. The van der Waals surface area contributed by atoms with Crippen LogP contribution in [-0.4, -0.2) is 62.7 Å². The number of carbonyl (C=O) groups excluding carboxylic acids is 1. The van der Waals surface area contributed by atoms with E-state index in [1.807, 2.05) is 29.2 Å². The topological polar surface area (TPSA) is 42.0 Å². The number of rotatable bonds is 8. The Balaban J connectivity index is 1.76. The van der Waals surface area contributed by atoms with E-state index in [4.69, 9.17) is 9.47 Å². The minimum absolute atomic E-state index is 0.258. The molecule has 132 valence electrons. The molecule has 1 fully saturated rings. The summed E-state index contributed by atoms with van der Waals surface area (Å²) in [6.45, 7) is 8.19. The van der Waals surface area contributed by atoms with Crippen LogP contribution >= 0.6 is 0 Å². The van der Waals surface area contributed by atoms with Crippen LogP contribution in [0.15, 0.2) is 30.9 Å². The average Bonchev–Trinajstić information content (AvgIpc) is 2.62. The molecule has 0 atom stereocenters. The molecule has 1 aliphatic rings. The first-order chi connectivity index (χ1) is 11.7. The van der Waals surface area contributed by atoms with Crippen LogP contribution in [0.5, 0.6) is 11.5 Å². The van der Waals surface area contributed by atoms with Crippen molar-refractivity contribution < 1.29 is 14.3 Å². The van der Waals surface area contributed by atoms with E-state index in [9.17, 15) is 4.79 Å². The van der Waals surface area contributed by atoms with E-state index >= 15 is 0 Å².